The van der Waals surface area contributed by atoms with Crippen LogP contribution < -0.4 is 10.2 Å². The lowest BCUT2D eigenvalue weighted by Gasteiger charge is -2.28. The molecular weight excluding hydrogens is 1260 g/mol. The molecule has 0 spiro atoms. The van der Waals surface area contributed by atoms with E-state index in [1.54, 1.807) is 0 Å². The van der Waals surface area contributed by atoms with Crippen LogP contribution in [-0.4, -0.2) is 9.13 Å². The maximum absolute atomic E-state index is 3.63. The Morgan fingerprint density at radius 1 is 0.273 bits per heavy atom. The average Bonchev–Trinajstić information content (AvgIpc) is 1.58. The highest BCUT2D eigenvalue weighted by molar-refractivity contribution is 9.10. The molecule has 0 unspecified atom stereocenters. The lowest BCUT2D eigenvalue weighted by Crippen LogP contribution is -2.17. The molecule has 0 saturated heterocycles. The van der Waals surface area contributed by atoms with Crippen LogP contribution in [-0.2, 0) is 10.8 Å². The van der Waals surface area contributed by atoms with Crippen molar-refractivity contribution in [3.05, 3.63) is 391 Å². The maximum atomic E-state index is 3.63. The summed E-state index contributed by atoms with van der Waals surface area (Å²) >= 11 is 3.63. The Labute approximate surface area is 589 Å². The van der Waals surface area contributed by atoms with Crippen LogP contribution in [0.15, 0.2) is 369 Å². The van der Waals surface area contributed by atoms with Crippen molar-refractivity contribution in [1.29, 1.82) is 0 Å². The molecule has 0 radical (unpaired) electrons. The minimum Gasteiger partial charge on any atom is -0.356 e. The number of para-hydroxylation sites is 2. The number of benzene rings is 14. The van der Waals surface area contributed by atoms with Gasteiger partial charge < -0.3 is 19.4 Å². The molecule has 5 heteroatoms. The lowest BCUT2D eigenvalue weighted by molar-refractivity contribution is 0.659. The predicted octanol–water partition coefficient (Wildman–Crippen LogP) is 26.2. The molecule has 2 aromatic heterocycles. The fraction of sp³-hybridized carbons (Fsp3) is 0.0638. The molecule has 18 rings (SSSR count). The Kier molecular flexibility index (Phi) is 16.5. The number of hydrogen-bond acceptors (Lipinski definition) is 2. The van der Waals surface area contributed by atoms with Gasteiger partial charge in [0.05, 0.1) is 11.0 Å². The van der Waals surface area contributed by atoms with Gasteiger partial charge in [-0.1, -0.05) is 274 Å². The third kappa shape index (κ3) is 12.2. The Morgan fingerprint density at radius 2 is 0.576 bits per heavy atom. The van der Waals surface area contributed by atoms with Crippen molar-refractivity contribution in [1.82, 2.24) is 9.13 Å². The van der Waals surface area contributed by atoms with E-state index >= 15 is 0 Å². The Morgan fingerprint density at radius 3 is 0.970 bits per heavy atom. The van der Waals surface area contributed by atoms with Gasteiger partial charge in [0, 0.05) is 67.5 Å². The van der Waals surface area contributed by atoms with Crippen molar-refractivity contribution in [2.45, 2.75) is 38.5 Å². The second-order valence-electron chi connectivity index (χ2n) is 26.8. The Hall–Kier alpha value is -11.8. The zero-order valence-electron chi connectivity index (χ0n) is 55.9. The van der Waals surface area contributed by atoms with Crippen LogP contribution in [0.1, 0.15) is 49.9 Å². The fourth-order valence-corrected chi connectivity index (χ4v) is 15.1. The number of halogens is 1. The van der Waals surface area contributed by atoms with Crippen LogP contribution in [0.5, 0.6) is 0 Å². The molecule has 1 N–H and O–H groups in total. The highest BCUT2D eigenvalue weighted by Gasteiger charge is 2.38. The molecule has 0 saturated carbocycles. The molecule has 14 aromatic carbocycles. The van der Waals surface area contributed by atoms with Crippen LogP contribution in [0.2, 0.25) is 0 Å². The van der Waals surface area contributed by atoms with Crippen molar-refractivity contribution in [3.63, 3.8) is 0 Å². The van der Waals surface area contributed by atoms with E-state index in [1.165, 1.54) is 122 Å². The van der Waals surface area contributed by atoms with Gasteiger partial charge in [-0.3, -0.25) is 0 Å². The lowest BCUT2D eigenvalue weighted by atomic mass is 9.82. The normalized spacial score (nSPS) is 12.7. The summed E-state index contributed by atoms with van der Waals surface area (Å²) in [5.41, 5.74) is 30.9. The molecule has 4 nitrogen and oxygen atoms in total. The zero-order chi connectivity index (χ0) is 67.0. The zero-order valence-corrected chi connectivity index (χ0v) is 57.4. The topological polar surface area (TPSA) is 25.1 Å². The number of rotatable bonds is 11. The van der Waals surface area contributed by atoms with E-state index < -0.39 is 0 Å². The summed E-state index contributed by atoms with van der Waals surface area (Å²) in [5, 5.41) is 5.99. The molecule has 2 aliphatic rings. The third-order valence-electron chi connectivity index (χ3n) is 20.0. The van der Waals surface area contributed by atoms with Crippen molar-refractivity contribution in [2.24, 2.45) is 0 Å². The van der Waals surface area contributed by atoms with E-state index in [1.807, 2.05) is 12.1 Å². The quantitative estimate of drug-likeness (QED) is 0.140. The van der Waals surface area contributed by atoms with E-state index in [-0.39, 0.29) is 10.8 Å². The molecule has 16 aromatic rings. The number of nitrogens with one attached hydrogen (secondary N) is 1. The minimum atomic E-state index is -0.167. The van der Waals surface area contributed by atoms with Gasteiger partial charge in [-0.05, 0) is 221 Å². The van der Waals surface area contributed by atoms with E-state index in [0.717, 1.165) is 32.9 Å². The first-order chi connectivity index (χ1) is 48.5. The Bertz CT molecular complexity index is 5380. The van der Waals surface area contributed by atoms with E-state index in [9.17, 15) is 0 Å². The van der Waals surface area contributed by atoms with Gasteiger partial charge in [-0.2, -0.15) is 0 Å². The molecular formula is C94H73BrN4. The summed E-state index contributed by atoms with van der Waals surface area (Å²) in [6.45, 7) is 9.38. The molecule has 0 fully saturated rings. The van der Waals surface area contributed by atoms with Gasteiger partial charge >= 0.3 is 0 Å². The number of aromatic nitrogens is 2. The summed E-state index contributed by atoms with van der Waals surface area (Å²) in [4.78, 5) is 2.39. The van der Waals surface area contributed by atoms with Crippen molar-refractivity contribution >= 4 is 66.2 Å². The molecule has 476 valence electrons. The summed E-state index contributed by atoms with van der Waals surface area (Å²) in [5.74, 6) is 0. The van der Waals surface area contributed by atoms with Gasteiger partial charge in [0.25, 0.3) is 0 Å². The van der Waals surface area contributed by atoms with E-state index in [4.69, 9.17) is 0 Å². The smallest absolute Gasteiger partial charge is 0.0528 e. The highest BCUT2D eigenvalue weighted by Crippen LogP contribution is 2.53. The molecule has 0 aliphatic heterocycles. The molecule has 2 heterocycles. The summed E-state index contributed by atoms with van der Waals surface area (Å²) in [6.07, 6.45) is 4.35. The van der Waals surface area contributed by atoms with E-state index in [0.29, 0.717) is 0 Å². The van der Waals surface area contributed by atoms with Crippen molar-refractivity contribution in [3.8, 4) is 78.1 Å². The van der Waals surface area contributed by atoms with Crippen LogP contribution >= 0.6 is 15.9 Å². The number of hydrogen-bond donors (Lipinski definition) is 1. The number of nitrogens with zero attached hydrogens (tertiary/aromatic N) is 3. The average molecular weight is 1340 g/mol. The fourth-order valence-electron chi connectivity index (χ4n) is 14.7. The van der Waals surface area contributed by atoms with Crippen LogP contribution in [0.25, 0.3) is 99.9 Å². The van der Waals surface area contributed by atoms with E-state index in [2.05, 4.69) is 415 Å². The predicted molar refractivity (Wildman–Crippen MR) is 422 cm³/mol. The molecule has 0 atom stereocenters. The number of anilines is 5. The first-order valence-electron chi connectivity index (χ1n) is 34.0. The van der Waals surface area contributed by atoms with Crippen LogP contribution in [0, 0.1) is 0 Å². The first kappa shape index (κ1) is 62.1. The summed E-state index contributed by atoms with van der Waals surface area (Å²) < 4.78 is 5.73. The maximum Gasteiger partial charge on any atom is 0.0528 e. The number of fused-ring (bicyclic) bond motifs is 8. The Balaban J connectivity index is 0.000000128. The molecule has 0 amide bonds. The molecule has 99 heavy (non-hydrogen) atoms. The SMILES string of the molecule is CC1(C)c2cc(Br)ccc2-c2ccc(-n3ccc4ccccc43)cc21.CC1(C)c2cc(N(c3ccc(-c4ccccc4)cc3)c3ccc(-c4ccccc4)cc3)ccc2-c2ccc(-n3ccc4ccccc43)cc21.c1ccc(-c2ccc(Nc3ccc(-c4ccccc4)cc3)cc2)cc1. The molecule has 2 aliphatic carbocycles. The largest absolute Gasteiger partial charge is 0.356 e. The highest BCUT2D eigenvalue weighted by atomic mass is 79.9. The van der Waals surface area contributed by atoms with Gasteiger partial charge in [-0.25, -0.2) is 0 Å². The van der Waals surface area contributed by atoms with Crippen LogP contribution in [0.4, 0.5) is 28.4 Å². The first-order valence-corrected chi connectivity index (χ1v) is 34.8. The third-order valence-corrected chi connectivity index (χ3v) is 20.5. The standard InChI is InChI=1S/C47H36N2.C24H19N.C23H18BrN/c1-47(2)44-31-40(48-30-29-37-15-9-10-16-46(37)48)25-27-42(44)43-28-26-41(32-45(43)47)49(38-21-17-35(18-22-38)33-11-5-3-6-12-33)39-23-19-36(20-24-39)34-13-7-4-8-14-34;1-3-7-19(8-4-1)21-11-15-23(16-12-21)25-24-17-13-22(14-18-24)20-9-5-2-6-10-20;1-23(2)20-13-16(24)7-9-18(20)19-10-8-17(14-21(19)23)25-12-11-15-5-3-4-6-22(15)25/h3-32H,1-2H3;1-18,25H;3-14H,1-2H3. The van der Waals surface area contributed by atoms with Gasteiger partial charge in [-0.15, -0.1) is 0 Å². The van der Waals surface area contributed by atoms with Crippen LogP contribution in [0.3, 0.4) is 0 Å². The monoisotopic (exact) mass is 1340 g/mol. The summed E-state index contributed by atoms with van der Waals surface area (Å²) in [7, 11) is 0. The second kappa shape index (κ2) is 26.3. The minimum absolute atomic E-state index is 0.00735. The summed E-state index contributed by atoms with van der Waals surface area (Å²) in [6, 6.07) is 126. The van der Waals surface area contributed by atoms with Gasteiger partial charge in [0.15, 0.2) is 0 Å². The second-order valence-corrected chi connectivity index (χ2v) is 27.7. The van der Waals surface area contributed by atoms with Gasteiger partial charge in [0.2, 0.25) is 0 Å². The van der Waals surface area contributed by atoms with Crippen molar-refractivity contribution < 1.29 is 0 Å². The van der Waals surface area contributed by atoms with Gasteiger partial charge in [0.1, 0.15) is 0 Å². The molecule has 0 bridgehead atoms. The van der Waals surface area contributed by atoms with Crippen molar-refractivity contribution in [2.75, 3.05) is 10.2 Å².